The molecule has 0 radical (unpaired) electrons. The van der Waals surface area contributed by atoms with Gasteiger partial charge in [0.1, 0.15) is 0 Å². The minimum atomic E-state index is -0.154. The lowest BCUT2D eigenvalue weighted by molar-refractivity contribution is -0.123. The van der Waals surface area contributed by atoms with Crippen molar-refractivity contribution in [3.8, 4) is 0 Å². The molecule has 0 aliphatic carbocycles. The first kappa shape index (κ1) is 20.0. The molecule has 2 aliphatic heterocycles. The van der Waals surface area contributed by atoms with Crippen molar-refractivity contribution in [1.82, 2.24) is 15.1 Å². The third kappa shape index (κ3) is 6.47. The first-order chi connectivity index (χ1) is 12.1. The van der Waals surface area contributed by atoms with Crippen LogP contribution in [0.5, 0.6) is 0 Å². The van der Waals surface area contributed by atoms with Crippen LogP contribution in [0.1, 0.15) is 39.0 Å². The van der Waals surface area contributed by atoms with Crippen LogP contribution in [0.3, 0.4) is 0 Å². The molecule has 1 atom stereocenters. The van der Waals surface area contributed by atoms with Gasteiger partial charge in [0.05, 0.1) is 12.0 Å². The second-order valence-electron chi connectivity index (χ2n) is 7.01. The van der Waals surface area contributed by atoms with Crippen LogP contribution in [-0.2, 0) is 9.53 Å². The van der Waals surface area contributed by atoms with Crippen LogP contribution >= 0.6 is 0 Å². The summed E-state index contributed by atoms with van der Waals surface area (Å²) in [4.78, 5) is 20.4. The van der Waals surface area contributed by atoms with E-state index in [4.69, 9.17) is 10.5 Å². The van der Waals surface area contributed by atoms with Gasteiger partial charge >= 0.3 is 0 Å². The predicted octanol–water partition coefficient (Wildman–Crippen LogP) is 0.650. The highest BCUT2D eigenvalue weighted by atomic mass is 16.5. The number of hydrogen-bond acceptors (Lipinski definition) is 4. The van der Waals surface area contributed by atoms with Gasteiger partial charge < -0.3 is 25.6 Å². The molecular weight excluding hydrogens is 318 g/mol. The van der Waals surface area contributed by atoms with Gasteiger partial charge in [0.15, 0.2) is 5.96 Å². The maximum absolute atomic E-state index is 11.4. The third-order valence-electron chi connectivity index (χ3n) is 5.20. The van der Waals surface area contributed by atoms with Crippen molar-refractivity contribution in [3.05, 3.63) is 0 Å². The normalized spacial score (nSPS) is 23.7. The minimum Gasteiger partial charge on any atom is -0.378 e. The SMILES string of the molecule is CCOC1CCN(C(=NC)NCCCN2CCCC(C(N)=O)C2)CC1. The van der Waals surface area contributed by atoms with Gasteiger partial charge in [0.25, 0.3) is 0 Å². The van der Waals surface area contributed by atoms with Crippen molar-refractivity contribution in [2.75, 3.05) is 52.9 Å². The summed E-state index contributed by atoms with van der Waals surface area (Å²) < 4.78 is 5.71. The molecule has 7 nitrogen and oxygen atoms in total. The lowest BCUT2D eigenvalue weighted by Crippen LogP contribution is -2.47. The summed E-state index contributed by atoms with van der Waals surface area (Å²) in [5, 5.41) is 3.48. The van der Waals surface area contributed by atoms with Gasteiger partial charge in [0.2, 0.25) is 5.91 Å². The van der Waals surface area contributed by atoms with Crippen LogP contribution in [0.4, 0.5) is 0 Å². The zero-order valence-electron chi connectivity index (χ0n) is 15.9. The first-order valence-corrected chi connectivity index (χ1v) is 9.73. The number of nitrogens with two attached hydrogens (primary N) is 1. The monoisotopic (exact) mass is 353 g/mol. The standard InChI is InChI=1S/C18H35N5O2/c1-3-25-16-7-12-23(13-8-16)18(20-2)21-9-5-11-22-10-4-6-15(14-22)17(19)24/h15-16H,3-14H2,1-2H3,(H2,19,24)(H,20,21). The quantitative estimate of drug-likeness (QED) is 0.399. The minimum absolute atomic E-state index is 0.0288. The number of hydrogen-bond donors (Lipinski definition) is 2. The number of ether oxygens (including phenoxy) is 1. The molecule has 7 heteroatoms. The average molecular weight is 354 g/mol. The number of likely N-dealkylation sites (tertiary alicyclic amines) is 2. The largest absolute Gasteiger partial charge is 0.378 e. The van der Waals surface area contributed by atoms with Crippen molar-refractivity contribution >= 4 is 11.9 Å². The lowest BCUT2D eigenvalue weighted by atomic mass is 9.97. The fourth-order valence-corrected chi connectivity index (χ4v) is 3.80. The van der Waals surface area contributed by atoms with Crippen molar-refractivity contribution in [1.29, 1.82) is 0 Å². The predicted molar refractivity (Wildman–Crippen MR) is 101 cm³/mol. The molecule has 0 aromatic rings. The Morgan fingerprint density at radius 3 is 2.68 bits per heavy atom. The third-order valence-corrected chi connectivity index (χ3v) is 5.20. The second kappa shape index (κ2) is 10.6. The molecule has 2 fully saturated rings. The van der Waals surface area contributed by atoms with E-state index in [-0.39, 0.29) is 11.8 Å². The van der Waals surface area contributed by atoms with Crippen LogP contribution in [0.15, 0.2) is 4.99 Å². The van der Waals surface area contributed by atoms with Gasteiger partial charge in [0, 0.05) is 39.8 Å². The van der Waals surface area contributed by atoms with Gasteiger partial charge in [-0.1, -0.05) is 0 Å². The molecule has 25 heavy (non-hydrogen) atoms. The Balaban J connectivity index is 1.64. The van der Waals surface area contributed by atoms with Gasteiger partial charge in [-0.15, -0.1) is 0 Å². The van der Waals surface area contributed by atoms with Gasteiger partial charge in [-0.25, -0.2) is 0 Å². The zero-order chi connectivity index (χ0) is 18.1. The van der Waals surface area contributed by atoms with E-state index in [2.05, 4.69) is 27.0 Å². The molecule has 0 spiro atoms. The Bertz CT molecular complexity index is 435. The molecule has 144 valence electrons. The van der Waals surface area contributed by atoms with Crippen molar-refractivity contribution in [3.63, 3.8) is 0 Å². The van der Waals surface area contributed by atoms with Crippen molar-refractivity contribution in [2.24, 2.45) is 16.6 Å². The Hall–Kier alpha value is -1.34. The number of rotatable bonds is 7. The Morgan fingerprint density at radius 2 is 2.04 bits per heavy atom. The fraction of sp³-hybridized carbons (Fsp3) is 0.889. The van der Waals surface area contributed by atoms with E-state index < -0.39 is 0 Å². The highest BCUT2D eigenvalue weighted by Gasteiger charge is 2.24. The van der Waals surface area contributed by atoms with Crippen LogP contribution in [-0.4, -0.2) is 80.7 Å². The Labute approximate surface area is 152 Å². The van der Waals surface area contributed by atoms with Crippen LogP contribution < -0.4 is 11.1 Å². The number of nitrogens with zero attached hydrogens (tertiary/aromatic N) is 3. The molecule has 0 aromatic heterocycles. The average Bonchev–Trinajstić information content (AvgIpc) is 2.63. The molecule has 2 rings (SSSR count). The van der Waals surface area contributed by atoms with E-state index >= 15 is 0 Å². The molecule has 2 aliphatic rings. The smallest absolute Gasteiger partial charge is 0.221 e. The number of carbonyl (C=O) groups is 1. The number of amides is 1. The first-order valence-electron chi connectivity index (χ1n) is 9.73. The summed E-state index contributed by atoms with van der Waals surface area (Å²) in [6.45, 7) is 8.63. The lowest BCUT2D eigenvalue weighted by Gasteiger charge is -2.34. The molecule has 0 saturated carbocycles. The van der Waals surface area contributed by atoms with Crippen LogP contribution in [0.25, 0.3) is 0 Å². The van der Waals surface area contributed by atoms with Gasteiger partial charge in [-0.2, -0.15) is 0 Å². The Kier molecular flexibility index (Phi) is 8.48. The number of nitrogens with one attached hydrogen (secondary N) is 1. The van der Waals surface area contributed by atoms with E-state index in [9.17, 15) is 4.79 Å². The zero-order valence-corrected chi connectivity index (χ0v) is 15.9. The second-order valence-corrected chi connectivity index (χ2v) is 7.01. The molecular formula is C18H35N5O2. The number of primary amides is 1. The van der Waals surface area contributed by atoms with Crippen molar-refractivity contribution in [2.45, 2.75) is 45.1 Å². The number of piperidine rings is 2. The van der Waals surface area contributed by atoms with E-state index in [0.717, 1.165) is 83.9 Å². The molecule has 1 amide bonds. The summed E-state index contributed by atoms with van der Waals surface area (Å²) in [7, 11) is 1.85. The summed E-state index contributed by atoms with van der Waals surface area (Å²) in [5.74, 6) is 0.864. The summed E-state index contributed by atoms with van der Waals surface area (Å²) in [6, 6.07) is 0. The molecule has 3 N–H and O–H groups in total. The molecule has 0 bridgehead atoms. The van der Waals surface area contributed by atoms with Crippen LogP contribution in [0, 0.1) is 5.92 Å². The van der Waals surface area contributed by atoms with Crippen LogP contribution in [0.2, 0.25) is 0 Å². The number of guanidine groups is 1. The topological polar surface area (TPSA) is 83.2 Å². The highest BCUT2D eigenvalue weighted by molar-refractivity contribution is 5.80. The number of aliphatic imine (C=N–C) groups is 1. The van der Waals surface area contributed by atoms with E-state index in [1.54, 1.807) is 0 Å². The molecule has 0 aromatic carbocycles. The Morgan fingerprint density at radius 1 is 1.28 bits per heavy atom. The fourth-order valence-electron chi connectivity index (χ4n) is 3.80. The summed E-state index contributed by atoms with van der Waals surface area (Å²) >= 11 is 0. The summed E-state index contributed by atoms with van der Waals surface area (Å²) in [5.41, 5.74) is 5.45. The highest BCUT2D eigenvalue weighted by Crippen LogP contribution is 2.16. The maximum atomic E-state index is 11.4. The van der Waals surface area contributed by atoms with Gasteiger partial charge in [-0.3, -0.25) is 9.79 Å². The van der Waals surface area contributed by atoms with Crippen molar-refractivity contribution < 1.29 is 9.53 Å². The van der Waals surface area contributed by atoms with E-state index in [1.165, 1.54) is 0 Å². The van der Waals surface area contributed by atoms with E-state index in [0.29, 0.717) is 6.10 Å². The molecule has 2 saturated heterocycles. The number of carbonyl (C=O) groups excluding carboxylic acids is 1. The molecule has 1 unspecified atom stereocenters. The summed E-state index contributed by atoms with van der Waals surface area (Å²) in [6.07, 6.45) is 5.58. The maximum Gasteiger partial charge on any atom is 0.221 e. The molecule has 2 heterocycles. The van der Waals surface area contributed by atoms with E-state index in [1.807, 2.05) is 7.05 Å². The van der Waals surface area contributed by atoms with Gasteiger partial charge in [-0.05, 0) is 52.1 Å².